The van der Waals surface area contributed by atoms with E-state index in [4.69, 9.17) is 16.3 Å². The number of carbonyl (C=O) groups excluding carboxylic acids is 2. The third kappa shape index (κ3) is 3.86. The zero-order valence-electron chi connectivity index (χ0n) is 10.7. The fraction of sp³-hybridized carbons (Fsp3) is 0.385. The largest absolute Gasteiger partial charge is 0.483 e. The first-order valence-corrected chi connectivity index (χ1v) is 7.32. The SMILES string of the molecule is O=CN1CCN(C(=O)COc2ccc(Cl)cc2Br)CC1. The van der Waals surface area contributed by atoms with Gasteiger partial charge in [0, 0.05) is 31.2 Å². The average Bonchev–Trinajstić information content (AvgIpc) is 2.46. The molecule has 1 aromatic carbocycles. The second-order valence-electron chi connectivity index (χ2n) is 4.39. The highest BCUT2D eigenvalue weighted by atomic mass is 79.9. The highest BCUT2D eigenvalue weighted by Gasteiger charge is 2.20. The van der Waals surface area contributed by atoms with Crippen LogP contribution in [0.2, 0.25) is 5.02 Å². The second-order valence-corrected chi connectivity index (χ2v) is 5.68. The maximum absolute atomic E-state index is 12.0. The van der Waals surface area contributed by atoms with Crippen molar-refractivity contribution in [3.05, 3.63) is 27.7 Å². The van der Waals surface area contributed by atoms with Crippen molar-refractivity contribution >= 4 is 39.8 Å². The van der Waals surface area contributed by atoms with Crippen LogP contribution in [0.5, 0.6) is 5.75 Å². The molecule has 1 fully saturated rings. The van der Waals surface area contributed by atoms with Gasteiger partial charge in [0.2, 0.25) is 6.41 Å². The lowest BCUT2D eigenvalue weighted by molar-refractivity contribution is -0.137. The number of amides is 2. The summed E-state index contributed by atoms with van der Waals surface area (Å²) in [4.78, 5) is 25.9. The standard InChI is InChI=1S/C13H14BrClN2O3/c14-11-7-10(15)1-2-12(11)20-8-13(19)17-5-3-16(9-18)4-6-17/h1-2,7,9H,3-6,8H2. The third-order valence-electron chi connectivity index (χ3n) is 3.06. The molecule has 5 nitrogen and oxygen atoms in total. The summed E-state index contributed by atoms with van der Waals surface area (Å²) >= 11 is 9.17. The summed E-state index contributed by atoms with van der Waals surface area (Å²) in [6, 6.07) is 5.13. The Morgan fingerprint density at radius 2 is 2.05 bits per heavy atom. The smallest absolute Gasteiger partial charge is 0.260 e. The molecule has 1 aliphatic heterocycles. The summed E-state index contributed by atoms with van der Waals surface area (Å²) in [5.41, 5.74) is 0. The molecule has 0 atom stereocenters. The lowest BCUT2D eigenvalue weighted by atomic mass is 10.3. The van der Waals surface area contributed by atoms with E-state index in [-0.39, 0.29) is 12.5 Å². The van der Waals surface area contributed by atoms with E-state index >= 15 is 0 Å². The van der Waals surface area contributed by atoms with Crippen molar-refractivity contribution in [3.63, 3.8) is 0 Å². The van der Waals surface area contributed by atoms with Gasteiger partial charge in [-0.3, -0.25) is 9.59 Å². The van der Waals surface area contributed by atoms with E-state index in [1.165, 1.54) is 0 Å². The second kappa shape index (κ2) is 6.95. The van der Waals surface area contributed by atoms with Gasteiger partial charge in [0.25, 0.3) is 5.91 Å². The van der Waals surface area contributed by atoms with Gasteiger partial charge in [0.05, 0.1) is 4.47 Å². The van der Waals surface area contributed by atoms with Gasteiger partial charge in [0.1, 0.15) is 5.75 Å². The molecule has 0 unspecified atom stereocenters. The van der Waals surface area contributed by atoms with Crippen molar-refractivity contribution in [2.24, 2.45) is 0 Å². The Labute approximate surface area is 130 Å². The van der Waals surface area contributed by atoms with Crippen LogP contribution in [0.1, 0.15) is 0 Å². The number of carbonyl (C=O) groups is 2. The monoisotopic (exact) mass is 360 g/mol. The molecule has 1 aromatic rings. The summed E-state index contributed by atoms with van der Waals surface area (Å²) in [5.74, 6) is 0.492. The van der Waals surface area contributed by atoms with E-state index in [1.54, 1.807) is 28.0 Å². The molecular formula is C13H14BrClN2O3. The van der Waals surface area contributed by atoms with Crippen LogP contribution in [0.3, 0.4) is 0 Å². The molecule has 0 spiro atoms. The highest BCUT2D eigenvalue weighted by molar-refractivity contribution is 9.10. The lowest BCUT2D eigenvalue weighted by Crippen LogP contribution is -2.49. The minimum atomic E-state index is -0.0857. The van der Waals surface area contributed by atoms with Crippen LogP contribution in [0.25, 0.3) is 0 Å². The third-order valence-corrected chi connectivity index (χ3v) is 3.92. The molecule has 108 valence electrons. The van der Waals surface area contributed by atoms with Gasteiger partial charge in [-0.2, -0.15) is 0 Å². The number of benzene rings is 1. The number of rotatable bonds is 4. The first kappa shape index (κ1) is 15.1. The Morgan fingerprint density at radius 3 is 2.65 bits per heavy atom. The predicted octanol–water partition coefficient (Wildman–Crippen LogP) is 1.78. The number of nitrogens with zero attached hydrogens (tertiary/aromatic N) is 2. The van der Waals surface area contributed by atoms with Crippen LogP contribution in [0.15, 0.2) is 22.7 Å². The van der Waals surface area contributed by atoms with Gasteiger partial charge >= 0.3 is 0 Å². The van der Waals surface area contributed by atoms with Crippen LogP contribution in [-0.4, -0.2) is 54.9 Å². The average molecular weight is 362 g/mol. The van der Waals surface area contributed by atoms with Crippen molar-refractivity contribution in [3.8, 4) is 5.75 Å². The fourth-order valence-corrected chi connectivity index (χ4v) is 2.70. The van der Waals surface area contributed by atoms with E-state index in [1.807, 2.05) is 0 Å². The molecule has 0 N–H and O–H groups in total. The van der Waals surface area contributed by atoms with Gasteiger partial charge < -0.3 is 14.5 Å². The Morgan fingerprint density at radius 1 is 1.35 bits per heavy atom. The van der Waals surface area contributed by atoms with Crippen molar-refractivity contribution in [2.75, 3.05) is 32.8 Å². The van der Waals surface area contributed by atoms with Crippen LogP contribution < -0.4 is 4.74 Å². The minimum Gasteiger partial charge on any atom is -0.483 e. The minimum absolute atomic E-state index is 0.0265. The van der Waals surface area contributed by atoms with Gasteiger partial charge in [0.15, 0.2) is 6.61 Å². The maximum atomic E-state index is 12.0. The van der Waals surface area contributed by atoms with E-state index in [0.29, 0.717) is 41.4 Å². The molecular weight excluding hydrogens is 348 g/mol. The van der Waals surface area contributed by atoms with Crippen molar-refractivity contribution in [2.45, 2.75) is 0 Å². The zero-order chi connectivity index (χ0) is 14.5. The topological polar surface area (TPSA) is 49.9 Å². The summed E-state index contributed by atoms with van der Waals surface area (Å²) in [6.07, 6.45) is 0.809. The van der Waals surface area contributed by atoms with E-state index in [9.17, 15) is 9.59 Å². The molecule has 1 aliphatic rings. The number of ether oxygens (including phenoxy) is 1. The Balaban J connectivity index is 1.85. The number of hydrogen-bond acceptors (Lipinski definition) is 3. The first-order chi connectivity index (χ1) is 9.60. The number of piperazine rings is 1. The summed E-state index contributed by atoms with van der Waals surface area (Å²) in [7, 11) is 0. The number of halogens is 2. The summed E-state index contributed by atoms with van der Waals surface area (Å²) < 4.78 is 6.19. The van der Waals surface area contributed by atoms with Crippen LogP contribution in [0, 0.1) is 0 Å². The lowest BCUT2D eigenvalue weighted by Gasteiger charge is -2.32. The first-order valence-electron chi connectivity index (χ1n) is 6.15. The van der Waals surface area contributed by atoms with Crippen molar-refractivity contribution < 1.29 is 14.3 Å². The Hall–Kier alpha value is -1.27. The molecule has 0 saturated carbocycles. The molecule has 20 heavy (non-hydrogen) atoms. The van der Waals surface area contributed by atoms with Crippen molar-refractivity contribution in [1.82, 2.24) is 9.80 Å². The predicted molar refractivity (Wildman–Crippen MR) is 78.9 cm³/mol. The van der Waals surface area contributed by atoms with E-state index in [2.05, 4.69) is 15.9 Å². The molecule has 7 heteroatoms. The van der Waals surface area contributed by atoms with E-state index < -0.39 is 0 Å². The Bertz CT molecular complexity index is 504. The maximum Gasteiger partial charge on any atom is 0.260 e. The van der Waals surface area contributed by atoms with Crippen LogP contribution in [0.4, 0.5) is 0 Å². The fourth-order valence-electron chi connectivity index (χ4n) is 1.90. The number of hydrogen-bond donors (Lipinski definition) is 0. The summed E-state index contributed by atoms with van der Waals surface area (Å²) in [5, 5.41) is 0.598. The van der Waals surface area contributed by atoms with E-state index in [0.717, 1.165) is 6.41 Å². The van der Waals surface area contributed by atoms with Crippen LogP contribution >= 0.6 is 27.5 Å². The molecule has 1 heterocycles. The normalized spacial score (nSPS) is 15.1. The highest BCUT2D eigenvalue weighted by Crippen LogP contribution is 2.27. The van der Waals surface area contributed by atoms with Gasteiger partial charge in [-0.05, 0) is 34.1 Å². The molecule has 0 bridgehead atoms. The molecule has 0 aliphatic carbocycles. The van der Waals surface area contributed by atoms with Gasteiger partial charge in [-0.15, -0.1) is 0 Å². The molecule has 1 saturated heterocycles. The molecule has 2 rings (SSSR count). The van der Waals surface area contributed by atoms with Crippen molar-refractivity contribution in [1.29, 1.82) is 0 Å². The zero-order valence-corrected chi connectivity index (χ0v) is 13.1. The van der Waals surface area contributed by atoms with Gasteiger partial charge in [-0.1, -0.05) is 11.6 Å². The van der Waals surface area contributed by atoms with Crippen LogP contribution in [-0.2, 0) is 9.59 Å². The summed E-state index contributed by atoms with van der Waals surface area (Å²) in [6.45, 7) is 2.20. The Kier molecular flexibility index (Phi) is 5.25. The quantitative estimate of drug-likeness (QED) is 0.768. The molecule has 0 aromatic heterocycles. The van der Waals surface area contributed by atoms with Gasteiger partial charge in [-0.25, -0.2) is 0 Å². The molecule has 0 radical (unpaired) electrons. The molecule has 2 amide bonds.